The van der Waals surface area contributed by atoms with E-state index in [4.69, 9.17) is 17.1 Å². The smallest absolute Gasteiger partial charge is 0.0643 e. The van der Waals surface area contributed by atoms with E-state index in [-0.39, 0.29) is 6.32 Å². The lowest BCUT2D eigenvalue weighted by atomic mass is 9.91. The average molecular weight is 51.7 g/mol. The van der Waals surface area contributed by atoms with Crippen LogP contribution >= 0.6 is 0 Å². The molecule has 0 amide bonds. The van der Waals surface area contributed by atoms with Crippen molar-refractivity contribution in [2.45, 2.75) is 12.6 Å². The zero-order chi connectivity index (χ0) is 4.28. The summed E-state index contributed by atoms with van der Waals surface area (Å²) in [5, 5.41) is 0. The van der Waals surface area contributed by atoms with Crippen molar-refractivity contribution < 1.29 is 1.37 Å². The summed E-state index contributed by atoms with van der Waals surface area (Å²) >= 11 is 0. The van der Waals surface area contributed by atoms with Gasteiger partial charge in [0.05, 0.1) is 15.7 Å². The van der Waals surface area contributed by atoms with E-state index < -0.39 is 6.30 Å². The predicted molar refractivity (Wildman–Crippen MR) is 21.1 cm³/mol. The molecular formula is C2H4B2. The molecule has 0 fully saturated rings. The first-order chi connectivity index (χ1) is 2.27. The van der Waals surface area contributed by atoms with E-state index in [1.807, 2.05) is 0 Å². The van der Waals surface area contributed by atoms with Crippen molar-refractivity contribution in [2.24, 2.45) is 0 Å². The quantitative estimate of drug-likeness (QED) is 0.372. The van der Waals surface area contributed by atoms with Crippen LogP contribution < -0.4 is 0 Å². The molecule has 1 unspecified atom stereocenters. The topological polar surface area (TPSA) is 0 Å². The lowest BCUT2D eigenvalue weighted by Crippen LogP contribution is -1.60. The van der Waals surface area contributed by atoms with Crippen molar-refractivity contribution in [2.75, 3.05) is 0 Å². The summed E-state index contributed by atoms with van der Waals surface area (Å²) in [6.45, 7) is 0. The molecule has 0 nitrogen and oxygen atoms in total. The molecule has 0 aliphatic carbocycles. The van der Waals surface area contributed by atoms with E-state index in [0.29, 0.717) is 0 Å². The van der Waals surface area contributed by atoms with Gasteiger partial charge in [0.15, 0.2) is 0 Å². The van der Waals surface area contributed by atoms with Crippen LogP contribution in [0.1, 0.15) is 1.37 Å². The fourth-order valence-electron chi connectivity index (χ4n) is 0. The largest absolute Gasteiger partial charge is 0.0962 e. The Kier molecular flexibility index (Phi) is 1.86. The molecule has 0 aliphatic heterocycles. The van der Waals surface area contributed by atoms with Gasteiger partial charge in [0, 0.05) is 1.37 Å². The van der Waals surface area contributed by atoms with Gasteiger partial charge in [-0.05, 0) is 0 Å². The Hall–Kier alpha value is 0.130. The predicted octanol–water partition coefficient (Wildman–Crippen LogP) is 0.160. The minimum atomic E-state index is -0.588. The highest BCUT2D eigenvalue weighted by molar-refractivity contribution is 6.16. The number of rotatable bonds is 1. The summed E-state index contributed by atoms with van der Waals surface area (Å²) in [5.74, 6) is 0. The van der Waals surface area contributed by atoms with Crippen molar-refractivity contribution in [3.05, 3.63) is 0 Å². The Balaban J connectivity index is 2.54. The molecule has 0 aliphatic rings. The Morgan fingerprint density at radius 1 is 1.75 bits per heavy atom. The minimum Gasteiger partial charge on any atom is -0.0962 e. The maximum atomic E-state index is 6.48. The Labute approximate surface area is 30.8 Å². The lowest BCUT2D eigenvalue weighted by Gasteiger charge is -1.67. The van der Waals surface area contributed by atoms with Gasteiger partial charge in [-0.25, -0.2) is 0 Å². The van der Waals surface area contributed by atoms with Crippen LogP contribution in [0.3, 0.4) is 0 Å². The molecule has 0 bridgehead atoms. The maximum absolute atomic E-state index is 6.48. The molecule has 0 aromatic carbocycles. The summed E-state index contributed by atoms with van der Waals surface area (Å²) in [4.78, 5) is 0. The minimum absolute atomic E-state index is 0.250. The molecule has 2 heteroatoms. The molecule has 0 saturated heterocycles. The fraction of sp³-hybridized carbons (Fsp3) is 1.00. The van der Waals surface area contributed by atoms with Crippen LogP contribution in [0.2, 0.25) is 12.6 Å². The lowest BCUT2D eigenvalue weighted by molar-refractivity contribution is 1.46. The summed E-state index contributed by atoms with van der Waals surface area (Å²) in [6, 6.07) is 0. The Morgan fingerprint density at radius 3 is 2.00 bits per heavy atom. The van der Waals surface area contributed by atoms with Crippen LogP contribution in [-0.4, -0.2) is 15.7 Å². The summed E-state index contributed by atoms with van der Waals surface area (Å²) < 4.78 is 6.48. The first-order valence-corrected chi connectivity index (χ1v) is 1.15. The third kappa shape index (κ3) is 2.13. The van der Waals surface area contributed by atoms with Crippen molar-refractivity contribution in [1.29, 1.82) is 0 Å². The van der Waals surface area contributed by atoms with Gasteiger partial charge in [-0.2, -0.15) is 0 Å². The molecule has 18 valence electrons. The van der Waals surface area contributed by atoms with Gasteiger partial charge in [-0.15, -0.1) is 0 Å². The highest BCUT2D eigenvalue weighted by atomic mass is 13.4. The molecule has 0 aromatic heterocycles. The standard InChI is InChI=1S/C2H4B2/c3-1-2-4/h1-2H2/i1T. The summed E-state index contributed by atoms with van der Waals surface area (Å²) in [5.41, 5.74) is 0. The molecule has 0 N–H and O–H groups in total. The molecule has 0 aromatic rings. The molecule has 0 spiro atoms. The van der Waals surface area contributed by atoms with Crippen molar-refractivity contribution in [3.63, 3.8) is 0 Å². The van der Waals surface area contributed by atoms with Crippen LogP contribution in [0.5, 0.6) is 0 Å². The van der Waals surface area contributed by atoms with Crippen LogP contribution in [0.15, 0.2) is 0 Å². The fourth-order valence-corrected chi connectivity index (χ4v) is 0. The average Bonchev–Trinajstić information content (AvgIpc) is 1.38. The second-order valence-corrected chi connectivity index (χ2v) is 0.471. The van der Waals surface area contributed by atoms with Gasteiger partial charge in [-0.3, -0.25) is 0 Å². The van der Waals surface area contributed by atoms with Crippen molar-refractivity contribution in [3.8, 4) is 0 Å². The second kappa shape index (κ2) is 3.13. The zero-order valence-electron chi connectivity index (χ0n) is 3.44. The number of hydrogen-bond donors (Lipinski definition) is 0. The molecule has 0 rings (SSSR count). The highest BCUT2D eigenvalue weighted by Gasteiger charge is 1.57. The van der Waals surface area contributed by atoms with Gasteiger partial charge < -0.3 is 0 Å². The van der Waals surface area contributed by atoms with E-state index in [0.717, 1.165) is 0 Å². The van der Waals surface area contributed by atoms with E-state index >= 15 is 0 Å². The second-order valence-electron chi connectivity index (χ2n) is 0.471. The van der Waals surface area contributed by atoms with Crippen LogP contribution in [0.4, 0.5) is 0 Å². The first-order valence-electron chi connectivity index (χ1n) is 1.73. The van der Waals surface area contributed by atoms with E-state index in [2.05, 4.69) is 0 Å². The Morgan fingerprint density at radius 2 is 2.00 bits per heavy atom. The monoisotopic (exact) mass is 52.1 g/mol. The molecular weight excluding hydrogens is 45.6 g/mol. The van der Waals surface area contributed by atoms with Gasteiger partial charge in [0.25, 0.3) is 0 Å². The zero-order valence-corrected chi connectivity index (χ0v) is 2.44. The molecule has 0 saturated carbocycles. The van der Waals surface area contributed by atoms with Gasteiger partial charge >= 0.3 is 0 Å². The van der Waals surface area contributed by atoms with E-state index in [1.165, 1.54) is 0 Å². The van der Waals surface area contributed by atoms with Crippen molar-refractivity contribution in [1.82, 2.24) is 0 Å². The van der Waals surface area contributed by atoms with Crippen LogP contribution in [0, 0.1) is 0 Å². The third-order valence-electron chi connectivity index (χ3n) is 0.136. The van der Waals surface area contributed by atoms with E-state index in [1.54, 1.807) is 0 Å². The molecule has 0 heterocycles. The third-order valence-corrected chi connectivity index (χ3v) is 0.136. The van der Waals surface area contributed by atoms with Crippen molar-refractivity contribution >= 4 is 15.7 Å². The molecule has 1 atom stereocenters. The SMILES string of the molecule is [3H]C([B])C[B]. The van der Waals surface area contributed by atoms with E-state index in [9.17, 15) is 0 Å². The van der Waals surface area contributed by atoms with Gasteiger partial charge in [0.2, 0.25) is 0 Å². The van der Waals surface area contributed by atoms with Gasteiger partial charge in [0.1, 0.15) is 0 Å². The molecule has 4 heavy (non-hydrogen) atoms. The number of hydrogen-bond acceptors (Lipinski definition) is 0. The molecule has 4 radical (unpaired) electrons. The summed E-state index contributed by atoms with van der Waals surface area (Å²) in [6.07, 6.45) is -0.338. The van der Waals surface area contributed by atoms with Crippen LogP contribution in [0.25, 0.3) is 0 Å². The Bertz CT molecular complexity index is 21.6. The summed E-state index contributed by atoms with van der Waals surface area (Å²) in [7, 11) is 9.69. The van der Waals surface area contributed by atoms with Crippen LogP contribution in [-0.2, 0) is 0 Å². The van der Waals surface area contributed by atoms with Gasteiger partial charge in [-0.1, -0.05) is 12.6 Å². The normalized spacial score (nSPS) is 18.5. The maximum Gasteiger partial charge on any atom is 0.0643 e. The highest BCUT2D eigenvalue weighted by Crippen LogP contribution is 1.70. The first kappa shape index (κ1) is 2.37.